The predicted octanol–water partition coefficient (Wildman–Crippen LogP) is 3.21. The van der Waals surface area contributed by atoms with E-state index >= 15 is 0 Å². The number of fused-ring (bicyclic) bond motifs is 1. The fraction of sp³-hybridized carbons (Fsp3) is 0.154. The van der Waals surface area contributed by atoms with Crippen LogP contribution in [0.5, 0.6) is 0 Å². The van der Waals surface area contributed by atoms with E-state index in [-0.39, 0.29) is 5.91 Å². The summed E-state index contributed by atoms with van der Waals surface area (Å²) in [6, 6.07) is 5.74. The number of carbonyl (C=O) groups is 1. The fourth-order valence-corrected chi connectivity index (χ4v) is 2.13. The summed E-state index contributed by atoms with van der Waals surface area (Å²) in [4.78, 5) is 11.9. The molecule has 0 bridgehead atoms. The van der Waals surface area contributed by atoms with Gasteiger partial charge in [-0.25, -0.2) is 0 Å². The first-order chi connectivity index (χ1) is 7.66. The van der Waals surface area contributed by atoms with E-state index < -0.39 is 0 Å². The molecule has 0 atom stereocenters. The maximum absolute atomic E-state index is 11.9. The van der Waals surface area contributed by atoms with Crippen LogP contribution in [0, 0.1) is 6.92 Å². The van der Waals surface area contributed by atoms with Crippen LogP contribution in [0.15, 0.2) is 36.4 Å². The van der Waals surface area contributed by atoms with Gasteiger partial charge in [-0.2, -0.15) is 0 Å². The van der Waals surface area contributed by atoms with Crippen molar-refractivity contribution in [1.29, 1.82) is 0 Å². The number of hydrogen-bond acceptors (Lipinski definition) is 2. The maximum Gasteiger partial charge on any atom is 0.268 e. The van der Waals surface area contributed by atoms with Gasteiger partial charge in [-0.1, -0.05) is 37.1 Å². The van der Waals surface area contributed by atoms with E-state index in [0.717, 1.165) is 22.4 Å². The highest BCUT2D eigenvalue weighted by Crippen LogP contribution is 2.35. The number of allylic oxidation sites excluding steroid dienone is 3. The van der Waals surface area contributed by atoms with Gasteiger partial charge in [0.15, 0.2) is 0 Å². The van der Waals surface area contributed by atoms with Crippen molar-refractivity contribution >= 4 is 24.4 Å². The summed E-state index contributed by atoms with van der Waals surface area (Å²) >= 11 is 4.23. The Morgan fingerprint density at radius 1 is 1.38 bits per heavy atom. The van der Waals surface area contributed by atoms with Crippen LogP contribution in [0.2, 0.25) is 0 Å². The number of hydrogen-bond donors (Lipinski definition) is 1. The van der Waals surface area contributed by atoms with Crippen LogP contribution in [0.25, 0.3) is 5.70 Å². The first-order valence-corrected chi connectivity index (χ1v) is 5.53. The molecule has 0 aliphatic carbocycles. The Hall–Kier alpha value is -1.48. The lowest BCUT2D eigenvalue weighted by molar-refractivity contribution is 0.0925. The second-order valence-corrected chi connectivity index (χ2v) is 4.09. The highest BCUT2D eigenvalue weighted by Gasteiger charge is 2.30. The first-order valence-electron chi connectivity index (χ1n) is 5.13. The van der Waals surface area contributed by atoms with Crippen molar-refractivity contribution < 1.29 is 4.79 Å². The molecule has 0 saturated heterocycles. The topological polar surface area (TPSA) is 20.3 Å². The molecule has 2 nitrogen and oxygen atoms in total. The van der Waals surface area contributed by atoms with Gasteiger partial charge >= 0.3 is 0 Å². The molecule has 1 aromatic carbocycles. The number of benzene rings is 1. The highest BCUT2D eigenvalue weighted by atomic mass is 32.1. The standard InChI is InChI=1S/C13H13NOS/c1-3-4-8-11-12-9(2)6-5-7-10(12)13(15)14(11)16/h3-8,16H,1-2H3/b4-3-,11-8+. The molecule has 0 fully saturated rings. The molecule has 1 heterocycles. The molecule has 16 heavy (non-hydrogen) atoms. The average molecular weight is 231 g/mol. The lowest BCUT2D eigenvalue weighted by atomic mass is 10.0. The zero-order valence-electron chi connectivity index (χ0n) is 9.27. The molecule has 0 N–H and O–H groups in total. The van der Waals surface area contributed by atoms with Crippen molar-refractivity contribution in [2.45, 2.75) is 13.8 Å². The molecule has 0 spiro atoms. The van der Waals surface area contributed by atoms with Crippen molar-refractivity contribution in [3.8, 4) is 0 Å². The minimum atomic E-state index is -0.0576. The molecule has 1 aliphatic rings. The summed E-state index contributed by atoms with van der Waals surface area (Å²) in [5.41, 5.74) is 3.66. The van der Waals surface area contributed by atoms with E-state index in [1.54, 1.807) is 0 Å². The molecule has 1 aromatic rings. The van der Waals surface area contributed by atoms with Gasteiger partial charge in [-0.3, -0.25) is 9.10 Å². The van der Waals surface area contributed by atoms with Crippen molar-refractivity contribution in [3.63, 3.8) is 0 Å². The predicted molar refractivity (Wildman–Crippen MR) is 69.1 cm³/mol. The van der Waals surface area contributed by atoms with E-state index in [1.807, 2.05) is 50.3 Å². The number of carbonyl (C=O) groups excluding carboxylic acids is 1. The summed E-state index contributed by atoms with van der Waals surface area (Å²) in [7, 11) is 0. The Morgan fingerprint density at radius 3 is 2.81 bits per heavy atom. The second kappa shape index (κ2) is 4.18. The Morgan fingerprint density at radius 2 is 2.12 bits per heavy atom. The van der Waals surface area contributed by atoms with E-state index in [2.05, 4.69) is 12.8 Å². The van der Waals surface area contributed by atoms with Crippen molar-refractivity contribution in [2.24, 2.45) is 0 Å². The number of thiol groups is 1. The minimum absolute atomic E-state index is 0.0576. The van der Waals surface area contributed by atoms with Gasteiger partial charge in [0, 0.05) is 5.56 Å². The average Bonchev–Trinajstić information content (AvgIpc) is 2.52. The molecule has 0 radical (unpaired) electrons. The largest absolute Gasteiger partial charge is 0.268 e. The third-order valence-electron chi connectivity index (χ3n) is 2.63. The van der Waals surface area contributed by atoms with Gasteiger partial charge in [0.2, 0.25) is 0 Å². The van der Waals surface area contributed by atoms with Crippen LogP contribution in [0.3, 0.4) is 0 Å². The van der Waals surface area contributed by atoms with Crippen LogP contribution < -0.4 is 0 Å². The van der Waals surface area contributed by atoms with Crippen molar-refractivity contribution in [2.75, 3.05) is 0 Å². The van der Waals surface area contributed by atoms with E-state index in [1.165, 1.54) is 4.31 Å². The molecular weight excluding hydrogens is 218 g/mol. The van der Waals surface area contributed by atoms with Crippen LogP contribution in [-0.4, -0.2) is 10.2 Å². The van der Waals surface area contributed by atoms with E-state index in [9.17, 15) is 4.79 Å². The molecular formula is C13H13NOS. The monoisotopic (exact) mass is 231 g/mol. The summed E-state index contributed by atoms with van der Waals surface area (Å²) in [5.74, 6) is -0.0576. The lowest BCUT2D eigenvalue weighted by Gasteiger charge is -2.09. The molecule has 1 aliphatic heterocycles. The summed E-state index contributed by atoms with van der Waals surface area (Å²) < 4.78 is 1.40. The normalized spacial score (nSPS) is 17.6. The Bertz CT molecular complexity index is 503. The van der Waals surface area contributed by atoms with Gasteiger partial charge in [0.25, 0.3) is 5.91 Å². The van der Waals surface area contributed by atoms with Gasteiger partial charge < -0.3 is 0 Å². The van der Waals surface area contributed by atoms with Gasteiger partial charge in [-0.15, -0.1) is 0 Å². The molecule has 1 amide bonds. The van der Waals surface area contributed by atoms with Crippen molar-refractivity contribution in [1.82, 2.24) is 4.31 Å². The lowest BCUT2D eigenvalue weighted by Crippen LogP contribution is -2.10. The van der Waals surface area contributed by atoms with Crippen LogP contribution >= 0.6 is 12.8 Å². The number of nitrogens with zero attached hydrogens (tertiary/aromatic N) is 1. The zero-order valence-corrected chi connectivity index (χ0v) is 10.2. The first kappa shape index (κ1) is 11.0. The highest BCUT2D eigenvalue weighted by molar-refractivity contribution is 7.78. The van der Waals surface area contributed by atoms with Gasteiger partial charge in [0.05, 0.1) is 11.3 Å². The van der Waals surface area contributed by atoms with Crippen LogP contribution in [-0.2, 0) is 0 Å². The minimum Gasteiger partial charge on any atom is -0.268 e. The third kappa shape index (κ3) is 1.57. The maximum atomic E-state index is 11.9. The summed E-state index contributed by atoms with van der Waals surface area (Å²) in [5, 5.41) is 0. The fourth-order valence-electron chi connectivity index (χ4n) is 1.86. The number of aryl methyl sites for hydroxylation is 1. The second-order valence-electron chi connectivity index (χ2n) is 3.69. The van der Waals surface area contributed by atoms with Crippen LogP contribution in [0.4, 0.5) is 0 Å². The van der Waals surface area contributed by atoms with Crippen molar-refractivity contribution in [3.05, 3.63) is 53.1 Å². The molecule has 0 unspecified atom stereocenters. The molecule has 82 valence electrons. The zero-order chi connectivity index (χ0) is 11.7. The Balaban J connectivity index is 2.65. The SMILES string of the molecule is C/C=C\C=C1/c2c(C)cccc2C(=O)N1S. The Labute approximate surface area is 101 Å². The molecule has 3 heteroatoms. The van der Waals surface area contributed by atoms with Gasteiger partial charge in [0.1, 0.15) is 0 Å². The summed E-state index contributed by atoms with van der Waals surface area (Å²) in [6.45, 7) is 3.94. The Kier molecular flexibility index (Phi) is 2.88. The quantitative estimate of drug-likeness (QED) is 0.736. The van der Waals surface area contributed by atoms with Gasteiger partial charge in [-0.05, 0) is 31.6 Å². The number of amides is 1. The number of rotatable bonds is 1. The smallest absolute Gasteiger partial charge is 0.268 e. The summed E-state index contributed by atoms with van der Waals surface area (Å²) in [6.07, 6.45) is 5.74. The van der Waals surface area contributed by atoms with E-state index in [0.29, 0.717) is 0 Å². The molecule has 0 aromatic heterocycles. The third-order valence-corrected chi connectivity index (χ3v) is 3.02. The van der Waals surface area contributed by atoms with Crippen LogP contribution in [0.1, 0.15) is 28.4 Å². The molecule has 2 rings (SSSR count). The molecule has 0 saturated carbocycles. The van der Waals surface area contributed by atoms with E-state index in [4.69, 9.17) is 0 Å².